The summed E-state index contributed by atoms with van der Waals surface area (Å²) in [5.74, 6) is -0.224. The SMILES string of the molecule is Cc1cc(F)cc(C)c1C(N)c1ccoc1. The molecule has 16 heavy (non-hydrogen) atoms. The molecule has 0 aliphatic heterocycles. The lowest BCUT2D eigenvalue weighted by Crippen LogP contribution is -2.14. The Morgan fingerprint density at radius 1 is 1.25 bits per heavy atom. The molecule has 0 fully saturated rings. The normalized spacial score (nSPS) is 12.8. The number of hydrogen-bond acceptors (Lipinski definition) is 2. The maximum atomic E-state index is 13.2. The molecule has 2 aromatic rings. The largest absolute Gasteiger partial charge is 0.472 e. The van der Waals surface area contributed by atoms with E-state index < -0.39 is 0 Å². The number of benzene rings is 1. The van der Waals surface area contributed by atoms with Gasteiger partial charge < -0.3 is 10.2 Å². The zero-order valence-electron chi connectivity index (χ0n) is 9.33. The van der Waals surface area contributed by atoms with E-state index in [1.165, 1.54) is 12.1 Å². The highest BCUT2D eigenvalue weighted by Gasteiger charge is 2.15. The van der Waals surface area contributed by atoms with Gasteiger partial charge in [0.15, 0.2) is 0 Å². The van der Waals surface area contributed by atoms with E-state index in [4.69, 9.17) is 10.2 Å². The molecule has 2 N–H and O–H groups in total. The highest BCUT2D eigenvalue weighted by Crippen LogP contribution is 2.26. The van der Waals surface area contributed by atoms with Crippen LogP contribution in [-0.2, 0) is 0 Å². The third kappa shape index (κ3) is 1.86. The Hall–Kier alpha value is -1.61. The molecule has 1 aromatic heterocycles. The van der Waals surface area contributed by atoms with Crippen LogP contribution in [0.4, 0.5) is 4.39 Å². The summed E-state index contributed by atoms with van der Waals surface area (Å²) in [6.07, 6.45) is 3.20. The van der Waals surface area contributed by atoms with Gasteiger partial charge in [0.25, 0.3) is 0 Å². The molecule has 0 saturated heterocycles. The lowest BCUT2D eigenvalue weighted by atomic mass is 9.93. The molecule has 0 aliphatic carbocycles. The molecular formula is C13H14FNO. The Kier molecular flexibility index (Phi) is 2.79. The van der Waals surface area contributed by atoms with Crippen LogP contribution in [0.1, 0.15) is 28.3 Å². The van der Waals surface area contributed by atoms with Gasteiger partial charge in [0.1, 0.15) is 5.82 Å². The van der Waals surface area contributed by atoms with E-state index in [-0.39, 0.29) is 11.9 Å². The lowest BCUT2D eigenvalue weighted by Gasteiger charge is -2.16. The molecule has 0 radical (unpaired) electrons. The summed E-state index contributed by atoms with van der Waals surface area (Å²) in [5.41, 5.74) is 9.73. The first-order valence-electron chi connectivity index (χ1n) is 5.14. The van der Waals surface area contributed by atoms with E-state index in [2.05, 4.69) is 0 Å². The van der Waals surface area contributed by atoms with Crippen LogP contribution in [0, 0.1) is 19.7 Å². The minimum atomic E-state index is -0.264. The monoisotopic (exact) mass is 219 g/mol. The molecule has 84 valence electrons. The molecule has 0 spiro atoms. The van der Waals surface area contributed by atoms with Crippen LogP contribution in [-0.4, -0.2) is 0 Å². The minimum absolute atomic E-state index is 0.224. The molecule has 1 aromatic carbocycles. The number of halogens is 1. The smallest absolute Gasteiger partial charge is 0.123 e. The summed E-state index contributed by atoms with van der Waals surface area (Å²) >= 11 is 0. The average molecular weight is 219 g/mol. The number of nitrogens with two attached hydrogens (primary N) is 1. The van der Waals surface area contributed by atoms with Crippen LogP contribution >= 0.6 is 0 Å². The topological polar surface area (TPSA) is 39.2 Å². The second kappa shape index (κ2) is 4.10. The number of furan rings is 1. The fourth-order valence-corrected chi connectivity index (χ4v) is 2.03. The molecule has 0 bridgehead atoms. The number of aryl methyl sites for hydroxylation is 2. The van der Waals surface area contributed by atoms with Crippen molar-refractivity contribution in [2.75, 3.05) is 0 Å². The van der Waals surface area contributed by atoms with E-state index in [1.54, 1.807) is 12.5 Å². The fraction of sp³-hybridized carbons (Fsp3) is 0.231. The van der Waals surface area contributed by atoms with Gasteiger partial charge in [0.2, 0.25) is 0 Å². The van der Waals surface area contributed by atoms with Crippen molar-refractivity contribution < 1.29 is 8.81 Å². The van der Waals surface area contributed by atoms with Crippen LogP contribution < -0.4 is 5.73 Å². The van der Waals surface area contributed by atoms with Crippen molar-refractivity contribution in [3.05, 3.63) is 58.8 Å². The first-order chi connectivity index (χ1) is 7.59. The maximum Gasteiger partial charge on any atom is 0.123 e. The Labute approximate surface area is 93.9 Å². The molecule has 0 aliphatic rings. The van der Waals surface area contributed by atoms with Gasteiger partial charge in [-0.2, -0.15) is 0 Å². The molecule has 2 rings (SSSR count). The highest BCUT2D eigenvalue weighted by atomic mass is 19.1. The summed E-state index contributed by atoms with van der Waals surface area (Å²) in [6.45, 7) is 3.73. The highest BCUT2D eigenvalue weighted by molar-refractivity contribution is 5.41. The quantitative estimate of drug-likeness (QED) is 0.843. The van der Waals surface area contributed by atoms with Gasteiger partial charge in [0, 0.05) is 5.56 Å². The Morgan fingerprint density at radius 2 is 1.88 bits per heavy atom. The molecule has 1 heterocycles. The predicted octanol–water partition coefficient (Wildman–Crippen LogP) is 3.08. The maximum absolute atomic E-state index is 13.2. The van der Waals surface area contributed by atoms with Gasteiger partial charge in [-0.25, -0.2) is 4.39 Å². The van der Waals surface area contributed by atoms with Crippen LogP contribution in [0.2, 0.25) is 0 Å². The molecule has 0 saturated carbocycles. The van der Waals surface area contributed by atoms with Crippen molar-refractivity contribution in [2.24, 2.45) is 5.73 Å². The lowest BCUT2D eigenvalue weighted by molar-refractivity contribution is 0.562. The average Bonchev–Trinajstić information content (AvgIpc) is 2.67. The van der Waals surface area contributed by atoms with Crippen molar-refractivity contribution in [1.29, 1.82) is 0 Å². The summed E-state index contributed by atoms with van der Waals surface area (Å²) in [5, 5.41) is 0. The third-order valence-corrected chi connectivity index (χ3v) is 2.77. The van der Waals surface area contributed by atoms with Crippen molar-refractivity contribution in [2.45, 2.75) is 19.9 Å². The van der Waals surface area contributed by atoms with Crippen LogP contribution in [0.15, 0.2) is 35.1 Å². The Morgan fingerprint density at radius 3 is 2.38 bits per heavy atom. The summed E-state index contributed by atoms with van der Waals surface area (Å²) in [7, 11) is 0. The summed E-state index contributed by atoms with van der Waals surface area (Å²) < 4.78 is 18.2. The van der Waals surface area contributed by atoms with Gasteiger partial charge in [-0.05, 0) is 48.7 Å². The molecule has 0 amide bonds. The van der Waals surface area contributed by atoms with Crippen LogP contribution in [0.3, 0.4) is 0 Å². The van der Waals surface area contributed by atoms with Gasteiger partial charge in [-0.3, -0.25) is 0 Å². The van der Waals surface area contributed by atoms with Crippen molar-refractivity contribution >= 4 is 0 Å². The minimum Gasteiger partial charge on any atom is -0.472 e. The van der Waals surface area contributed by atoms with E-state index in [1.807, 2.05) is 19.9 Å². The Bertz CT molecular complexity index is 468. The van der Waals surface area contributed by atoms with E-state index in [9.17, 15) is 4.39 Å². The van der Waals surface area contributed by atoms with Gasteiger partial charge in [0.05, 0.1) is 18.6 Å². The van der Waals surface area contributed by atoms with E-state index >= 15 is 0 Å². The van der Waals surface area contributed by atoms with E-state index in [0.717, 1.165) is 22.3 Å². The first-order valence-corrected chi connectivity index (χ1v) is 5.14. The van der Waals surface area contributed by atoms with Gasteiger partial charge in [-0.1, -0.05) is 0 Å². The standard InChI is InChI=1S/C13H14FNO/c1-8-5-11(14)6-9(2)12(8)13(15)10-3-4-16-7-10/h3-7,13H,15H2,1-2H3. The molecule has 1 atom stereocenters. The second-order valence-electron chi connectivity index (χ2n) is 3.99. The third-order valence-electron chi connectivity index (χ3n) is 2.77. The van der Waals surface area contributed by atoms with Crippen molar-refractivity contribution in [1.82, 2.24) is 0 Å². The fourth-order valence-electron chi connectivity index (χ4n) is 2.03. The zero-order chi connectivity index (χ0) is 11.7. The second-order valence-corrected chi connectivity index (χ2v) is 3.99. The van der Waals surface area contributed by atoms with E-state index in [0.29, 0.717) is 0 Å². The molecule has 1 unspecified atom stereocenters. The van der Waals surface area contributed by atoms with Crippen LogP contribution in [0.5, 0.6) is 0 Å². The molecule has 3 heteroatoms. The predicted molar refractivity (Wildman–Crippen MR) is 60.6 cm³/mol. The number of hydrogen-bond donors (Lipinski definition) is 1. The van der Waals surface area contributed by atoms with Gasteiger partial charge in [-0.15, -0.1) is 0 Å². The first kappa shape index (κ1) is 10.9. The van der Waals surface area contributed by atoms with Crippen molar-refractivity contribution in [3.63, 3.8) is 0 Å². The zero-order valence-corrected chi connectivity index (χ0v) is 9.33. The summed E-state index contributed by atoms with van der Waals surface area (Å²) in [6, 6.07) is 4.57. The van der Waals surface area contributed by atoms with Gasteiger partial charge >= 0.3 is 0 Å². The van der Waals surface area contributed by atoms with Crippen LogP contribution in [0.25, 0.3) is 0 Å². The Balaban J connectivity index is 2.48. The molecule has 2 nitrogen and oxygen atoms in total. The summed E-state index contributed by atoms with van der Waals surface area (Å²) in [4.78, 5) is 0. The number of rotatable bonds is 2. The molecular weight excluding hydrogens is 205 g/mol. The van der Waals surface area contributed by atoms with Crippen molar-refractivity contribution in [3.8, 4) is 0 Å².